The summed E-state index contributed by atoms with van der Waals surface area (Å²) in [5, 5.41) is 0. The van der Waals surface area contributed by atoms with Gasteiger partial charge in [0.2, 0.25) is 0 Å². The van der Waals surface area contributed by atoms with Gasteiger partial charge in [0.15, 0.2) is 0 Å². The lowest BCUT2D eigenvalue weighted by Crippen LogP contribution is -1.95. The lowest BCUT2D eigenvalue weighted by Gasteiger charge is -2.01. The van der Waals surface area contributed by atoms with Gasteiger partial charge in [-0.1, -0.05) is 0 Å². The number of rotatable bonds is 2. The van der Waals surface area contributed by atoms with E-state index >= 15 is 0 Å². The van der Waals surface area contributed by atoms with Crippen LogP contribution in [0.25, 0.3) is 11.3 Å². The summed E-state index contributed by atoms with van der Waals surface area (Å²) in [6, 6.07) is 3.92. The molecule has 2 heterocycles. The number of nitrogens with one attached hydrogen (secondary N) is 1. The van der Waals surface area contributed by atoms with Gasteiger partial charge in [-0.15, -0.1) is 11.6 Å². The normalized spacial score (nSPS) is 10.4. The minimum atomic E-state index is 0.346. The molecule has 0 spiro atoms. The number of aryl methyl sites for hydroxylation is 1. The number of halogens is 1. The fraction of sp³-hybridized carbons (Fsp3) is 0.200. The van der Waals surface area contributed by atoms with E-state index in [1.807, 2.05) is 31.5 Å². The third kappa shape index (κ3) is 1.77. The minimum absolute atomic E-state index is 0.346. The molecular weight excluding hydrogens is 198 g/mol. The first-order valence-electron chi connectivity index (χ1n) is 4.33. The number of hydrogen-bond acceptors (Lipinski definition) is 2. The zero-order valence-corrected chi connectivity index (χ0v) is 8.54. The topological polar surface area (TPSA) is 41.6 Å². The van der Waals surface area contributed by atoms with Crippen LogP contribution in [0.1, 0.15) is 11.5 Å². The molecule has 4 heteroatoms. The van der Waals surface area contributed by atoms with E-state index in [1.54, 1.807) is 0 Å². The highest BCUT2D eigenvalue weighted by Gasteiger charge is 2.03. The molecule has 1 N–H and O–H groups in total. The molecule has 2 aromatic rings. The van der Waals surface area contributed by atoms with Gasteiger partial charge in [-0.2, -0.15) is 0 Å². The molecule has 2 rings (SSSR count). The van der Waals surface area contributed by atoms with Crippen LogP contribution in [0.3, 0.4) is 0 Å². The summed E-state index contributed by atoms with van der Waals surface area (Å²) in [6.45, 7) is 1.94. The molecule has 0 bridgehead atoms. The highest BCUT2D eigenvalue weighted by molar-refractivity contribution is 6.16. The van der Waals surface area contributed by atoms with Crippen LogP contribution in [-0.2, 0) is 5.88 Å². The predicted molar refractivity (Wildman–Crippen MR) is 56.1 cm³/mol. The summed E-state index contributed by atoms with van der Waals surface area (Å²) >= 11 is 5.70. The maximum absolute atomic E-state index is 5.70. The molecule has 72 valence electrons. The molecular formula is C10H10ClN3. The Labute approximate surface area is 87.2 Å². The molecule has 0 atom stereocenters. The number of H-pyrrole nitrogens is 1. The molecule has 3 nitrogen and oxygen atoms in total. The Morgan fingerprint density at radius 1 is 1.43 bits per heavy atom. The van der Waals surface area contributed by atoms with Gasteiger partial charge in [0, 0.05) is 23.7 Å². The van der Waals surface area contributed by atoms with Crippen LogP contribution in [0.4, 0.5) is 0 Å². The smallest absolute Gasteiger partial charge is 0.143 e. The van der Waals surface area contributed by atoms with E-state index in [4.69, 9.17) is 11.6 Å². The Hall–Kier alpha value is -1.35. The van der Waals surface area contributed by atoms with E-state index in [9.17, 15) is 0 Å². The van der Waals surface area contributed by atoms with Crippen LogP contribution in [0.2, 0.25) is 0 Å². The largest absolute Gasteiger partial charge is 0.367 e. The molecule has 0 aliphatic heterocycles. The van der Waals surface area contributed by atoms with Crippen molar-refractivity contribution in [1.82, 2.24) is 15.0 Å². The van der Waals surface area contributed by atoms with Gasteiger partial charge in [-0.05, 0) is 19.1 Å². The van der Waals surface area contributed by atoms with Gasteiger partial charge in [-0.3, -0.25) is 0 Å². The second kappa shape index (κ2) is 3.80. The Kier molecular flexibility index (Phi) is 2.50. The van der Waals surface area contributed by atoms with Gasteiger partial charge >= 0.3 is 0 Å². The van der Waals surface area contributed by atoms with Gasteiger partial charge < -0.3 is 4.98 Å². The predicted octanol–water partition coefficient (Wildman–Crippen LogP) is 2.52. The highest BCUT2D eigenvalue weighted by Crippen LogP contribution is 2.17. The second-order valence-corrected chi connectivity index (χ2v) is 3.31. The zero-order valence-electron chi connectivity index (χ0n) is 7.79. The molecule has 0 unspecified atom stereocenters. The van der Waals surface area contributed by atoms with Crippen LogP contribution in [0.5, 0.6) is 0 Å². The highest BCUT2D eigenvalue weighted by atomic mass is 35.5. The second-order valence-electron chi connectivity index (χ2n) is 3.04. The monoisotopic (exact) mass is 207 g/mol. The molecule has 0 amide bonds. The fourth-order valence-corrected chi connectivity index (χ4v) is 1.44. The van der Waals surface area contributed by atoms with Crippen LogP contribution >= 0.6 is 11.6 Å². The maximum Gasteiger partial charge on any atom is 0.143 e. The minimum Gasteiger partial charge on any atom is -0.367 e. The first-order chi connectivity index (χ1) is 6.79. The first kappa shape index (κ1) is 9.21. The average molecular weight is 208 g/mol. The summed E-state index contributed by atoms with van der Waals surface area (Å²) in [4.78, 5) is 11.5. The van der Waals surface area contributed by atoms with Crippen molar-refractivity contribution in [2.24, 2.45) is 0 Å². The van der Waals surface area contributed by atoms with Gasteiger partial charge in [0.25, 0.3) is 0 Å². The summed E-state index contributed by atoms with van der Waals surface area (Å²) in [6.07, 6.45) is 3.77. The SMILES string of the molecule is Cc1cc(-c2cc[nH]c2)nc(CCl)n1. The van der Waals surface area contributed by atoms with Crippen molar-refractivity contribution in [1.29, 1.82) is 0 Å². The lowest BCUT2D eigenvalue weighted by molar-refractivity contribution is 0.997. The van der Waals surface area contributed by atoms with E-state index in [2.05, 4.69) is 15.0 Å². The van der Waals surface area contributed by atoms with Crippen LogP contribution in [0.15, 0.2) is 24.5 Å². The molecule has 0 aliphatic rings. The third-order valence-electron chi connectivity index (χ3n) is 1.91. The summed E-state index contributed by atoms with van der Waals surface area (Å²) in [5.41, 5.74) is 2.91. The van der Waals surface area contributed by atoms with E-state index in [0.717, 1.165) is 17.0 Å². The Morgan fingerprint density at radius 3 is 2.93 bits per heavy atom. The number of alkyl halides is 1. The van der Waals surface area contributed by atoms with Crippen molar-refractivity contribution in [2.75, 3.05) is 0 Å². The van der Waals surface area contributed by atoms with Gasteiger partial charge in [0.05, 0.1) is 11.6 Å². The van der Waals surface area contributed by atoms with Crippen LogP contribution in [0, 0.1) is 6.92 Å². The lowest BCUT2D eigenvalue weighted by atomic mass is 10.2. The maximum atomic E-state index is 5.70. The van der Waals surface area contributed by atoms with Crippen LogP contribution < -0.4 is 0 Å². The standard InChI is InChI=1S/C10H10ClN3/c1-7-4-9(8-2-3-12-6-8)14-10(5-11)13-7/h2-4,6,12H,5H2,1H3. The third-order valence-corrected chi connectivity index (χ3v) is 2.15. The molecule has 0 saturated heterocycles. The fourth-order valence-electron chi connectivity index (χ4n) is 1.32. The van der Waals surface area contributed by atoms with Gasteiger partial charge in [-0.25, -0.2) is 9.97 Å². The van der Waals surface area contributed by atoms with Crippen molar-refractivity contribution in [2.45, 2.75) is 12.8 Å². The van der Waals surface area contributed by atoms with E-state index < -0.39 is 0 Å². The van der Waals surface area contributed by atoms with Crippen molar-refractivity contribution >= 4 is 11.6 Å². The zero-order chi connectivity index (χ0) is 9.97. The summed E-state index contributed by atoms with van der Waals surface area (Å²) in [7, 11) is 0. The van der Waals surface area contributed by atoms with Crippen molar-refractivity contribution in [3.8, 4) is 11.3 Å². The summed E-state index contributed by atoms with van der Waals surface area (Å²) in [5.74, 6) is 1.02. The molecule has 0 radical (unpaired) electrons. The molecule has 2 aromatic heterocycles. The molecule has 0 fully saturated rings. The Morgan fingerprint density at radius 2 is 2.29 bits per heavy atom. The average Bonchev–Trinajstić information content (AvgIpc) is 2.69. The number of aromatic nitrogens is 3. The van der Waals surface area contributed by atoms with Crippen molar-refractivity contribution in [3.63, 3.8) is 0 Å². The number of aromatic amines is 1. The van der Waals surface area contributed by atoms with Gasteiger partial charge in [0.1, 0.15) is 5.82 Å². The number of hydrogen-bond donors (Lipinski definition) is 1. The van der Waals surface area contributed by atoms with Crippen LogP contribution in [-0.4, -0.2) is 15.0 Å². The van der Waals surface area contributed by atoms with E-state index in [1.165, 1.54) is 0 Å². The first-order valence-corrected chi connectivity index (χ1v) is 4.87. The molecule has 0 aromatic carbocycles. The Balaban J connectivity index is 2.48. The van der Waals surface area contributed by atoms with Crippen molar-refractivity contribution in [3.05, 3.63) is 36.0 Å². The quantitative estimate of drug-likeness (QED) is 0.769. The summed E-state index contributed by atoms with van der Waals surface area (Å²) < 4.78 is 0. The molecule has 14 heavy (non-hydrogen) atoms. The Bertz CT molecular complexity index is 423. The van der Waals surface area contributed by atoms with Crippen molar-refractivity contribution < 1.29 is 0 Å². The molecule has 0 aliphatic carbocycles. The van der Waals surface area contributed by atoms with E-state index in [-0.39, 0.29) is 0 Å². The van der Waals surface area contributed by atoms with E-state index in [0.29, 0.717) is 11.7 Å². The number of nitrogens with zero attached hydrogens (tertiary/aromatic N) is 2. The molecule has 0 saturated carbocycles.